The van der Waals surface area contributed by atoms with Crippen molar-refractivity contribution in [1.82, 2.24) is 0 Å². The van der Waals surface area contributed by atoms with E-state index in [1.807, 2.05) is 26.0 Å². The molecule has 0 amide bonds. The minimum Gasteiger partial charge on any atom is -0.487 e. The first-order chi connectivity index (χ1) is 9.85. The fraction of sp³-hybridized carbons (Fsp3) is 0.235. The van der Waals surface area contributed by atoms with Crippen LogP contribution in [0.25, 0.3) is 0 Å². The summed E-state index contributed by atoms with van der Waals surface area (Å²) in [6.07, 6.45) is 0.791. The normalized spacial score (nSPS) is 15.4. The first kappa shape index (κ1) is 14.0. The van der Waals surface area contributed by atoms with Crippen molar-refractivity contribution in [2.75, 3.05) is 5.73 Å². The van der Waals surface area contributed by atoms with Gasteiger partial charge in [0.15, 0.2) is 5.78 Å². The molecular formula is C17H16ClNO2. The van der Waals surface area contributed by atoms with Crippen LogP contribution in [0.5, 0.6) is 5.75 Å². The summed E-state index contributed by atoms with van der Waals surface area (Å²) in [5.74, 6) is 0.748. The molecule has 0 radical (unpaired) electrons. The fourth-order valence-electron chi connectivity index (χ4n) is 2.65. The summed E-state index contributed by atoms with van der Waals surface area (Å²) in [6, 6.07) is 10.4. The van der Waals surface area contributed by atoms with Gasteiger partial charge in [0.2, 0.25) is 0 Å². The van der Waals surface area contributed by atoms with Crippen molar-refractivity contribution in [3.63, 3.8) is 0 Å². The van der Waals surface area contributed by atoms with Crippen molar-refractivity contribution in [2.45, 2.75) is 25.9 Å². The molecule has 1 aliphatic heterocycles. The van der Waals surface area contributed by atoms with Crippen LogP contribution < -0.4 is 10.5 Å². The molecule has 2 aromatic carbocycles. The molecule has 0 unspecified atom stereocenters. The summed E-state index contributed by atoms with van der Waals surface area (Å²) in [5, 5.41) is 0.521. The number of rotatable bonds is 2. The molecule has 0 saturated heterocycles. The zero-order valence-electron chi connectivity index (χ0n) is 11.9. The van der Waals surface area contributed by atoms with E-state index in [9.17, 15) is 4.79 Å². The Morgan fingerprint density at radius 2 is 2.00 bits per heavy atom. The number of ether oxygens (including phenoxy) is 1. The lowest BCUT2D eigenvalue weighted by Gasteiger charge is -2.16. The van der Waals surface area contributed by atoms with E-state index < -0.39 is 0 Å². The third-order valence-corrected chi connectivity index (χ3v) is 3.82. The highest BCUT2D eigenvalue weighted by Crippen LogP contribution is 2.35. The Balaban J connectivity index is 1.97. The first-order valence-electron chi connectivity index (χ1n) is 6.77. The number of halogens is 1. The van der Waals surface area contributed by atoms with Gasteiger partial charge in [-0.1, -0.05) is 11.6 Å². The average Bonchev–Trinajstić information content (AvgIpc) is 2.70. The van der Waals surface area contributed by atoms with Crippen LogP contribution in [0.2, 0.25) is 5.02 Å². The van der Waals surface area contributed by atoms with Gasteiger partial charge < -0.3 is 10.5 Å². The van der Waals surface area contributed by atoms with Crippen molar-refractivity contribution in [3.8, 4) is 5.75 Å². The topological polar surface area (TPSA) is 52.3 Å². The minimum atomic E-state index is -0.219. The number of fused-ring (bicyclic) bond motifs is 1. The smallest absolute Gasteiger partial charge is 0.195 e. The van der Waals surface area contributed by atoms with Gasteiger partial charge in [-0.2, -0.15) is 0 Å². The summed E-state index contributed by atoms with van der Waals surface area (Å²) >= 11 is 5.87. The average molecular weight is 302 g/mol. The Morgan fingerprint density at radius 1 is 1.24 bits per heavy atom. The second-order valence-electron chi connectivity index (χ2n) is 5.92. The van der Waals surface area contributed by atoms with E-state index in [0.717, 1.165) is 17.7 Å². The largest absolute Gasteiger partial charge is 0.487 e. The highest BCUT2D eigenvalue weighted by Gasteiger charge is 2.30. The first-order valence-corrected chi connectivity index (χ1v) is 7.15. The van der Waals surface area contributed by atoms with Crippen molar-refractivity contribution in [1.29, 1.82) is 0 Å². The summed E-state index contributed by atoms with van der Waals surface area (Å²) in [4.78, 5) is 12.6. The number of hydrogen-bond acceptors (Lipinski definition) is 3. The Labute approximate surface area is 128 Å². The molecule has 1 aliphatic rings. The lowest BCUT2D eigenvalue weighted by atomic mass is 9.96. The van der Waals surface area contributed by atoms with E-state index in [0.29, 0.717) is 21.8 Å². The third kappa shape index (κ3) is 2.61. The van der Waals surface area contributed by atoms with Crippen LogP contribution in [0.3, 0.4) is 0 Å². The monoisotopic (exact) mass is 301 g/mol. The van der Waals surface area contributed by atoms with Crippen LogP contribution in [0.15, 0.2) is 36.4 Å². The summed E-state index contributed by atoms with van der Waals surface area (Å²) in [5.41, 5.74) is 8.20. The minimum absolute atomic E-state index is 0.100. The molecule has 3 rings (SSSR count). The lowest BCUT2D eigenvalue weighted by Crippen LogP contribution is -2.24. The van der Waals surface area contributed by atoms with Crippen molar-refractivity contribution >= 4 is 23.1 Å². The van der Waals surface area contributed by atoms with Crippen molar-refractivity contribution in [3.05, 3.63) is 58.1 Å². The molecule has 3 nitrogen and oxygen atoms in total. The predicted molar refractivity (Wildman–Crippen MR) is 84.1 cm³/mol. The quantitative estimate of drug-likeness (QED) is 0.677. The molecule has 0 fully saturated rings. The number of nitrogen functional groups attached to an aromatic ring is 1. The molecule has 2 N–H and O–H groups in total. The fourth-order valence-corrected chi connectivity index (χ4v) is 2.83. The maximum atomic E-state index is 12.6. The Morgan fingerprint density at radius 3 is 2.71 bits per heavy atom. The molecule has 2 aromatic rings. The Hall–Kier alpha value is -2.00. The highest BCUT2D eigenvalue weighted by molar-refractivity contribution is 6.31. The maximum Gasteiger partial charge on any atom is 0.195 e. The maximum absolute atomic E-state index is 12.6. The highest BCUT2D eigenvalue weighted by atomic mass is 35.5. The zero-order valence-corrected chi connectivity index (χ0v) is 12.7. The van der Waals surface area contributed by atoms with E-state index in [4.69, 9.17) is 22.1 Å². The van der Waals surface area contributed by atoms with Crippen LogP contribution in [0.4, 0.5) is 5.69 Å². The molecule has 0 saturated carbocycles. The standard InChI is InChI=1S/C17H16ClNO2/c1-17(2)9-11-7-10(3-6-15(11)21-17)16(20)13-5-4-12(18)8-14(13)19/h3-8H,9,19H2,1-2H3. The number of anilines is 1. The van der Waals surface area contributed by atoms with E-state index >= 15 is 0 Å². The number of benzene rings is 2. The van der Waals surface area contributed by atoms with Gasteiger partial charge in [-0.3, -0.25) is 4.79 Å². The number of ketones is 1. The number of nitrogens with two attached hydrogens (primary N) is 1. The number of hydrogen-bond donors (Lipinski definition) is 1. The van der Waals surface area contributed by atoms with Crippen molar-refractivity contribution < 1.29 is 9.53 Å². The molecule has 21 heavy (non-hydrogen) atoms. The number of carbonyl (C=O) groups excluding carboxylic acids is 1. The third-order valence-electron chi connectivity index (χ3n) is 3.58. The van der Waals surface area contributed by atoms with E-state index in [1.54, 1.807) is 24.3 Å². The second kappa shape index (κ2) is 4.78. The molecule has 108 valence electrons. The zero-order chi connectivity index (χ0) is 15.2. The molecule has 0 aromatic heterocycles. The lowest BCUT2D eigenvalue weighted by molar-refractivity contribution is 0.103. The summed E-state index contributed by atoms with van der Waals surface area (Å²) in [7, 11) is 0. The van der Waals surface area contributed by atoms with E-state index in [1.165, 1.54) is 0 Å². The van der Waals surface area contributed by atoms with Crippen LogP contribution in [0.1, 0.15) is 35.3 Å². The molecular weight excluding hydrogens is 286 g/mol. The van der Waals surface area contributed by atoms with Crippen LogP contribution in [-0.2, 0) is 6.42 Å². The molecule has 0 aliphatic carbocycles. The van der Waals surface area contributed by atoms with Crippen LogP contribution >= 0.6 is 11.6 Å². The van der Waals surface area contributed by atoms with Gasteiger partial charge in [0, 0.05) is 28.3 Å². The Bertz CT molecular complexity index is 738. The molecule has 1 heterocycles. The van der Waals surface area contributed by atoms with Crippen LogP contribution in [0, 0.1) is 0 Å². The van der Waals surface area contributed by atoms with Gasteiger partial charge in [0.25, 0.3) is 0 Å². The van der Waals surface area contributed by atoms with Gasteiger partial charge in [-0.15, -0.1) is 0 Å². The molecule has 0 spiro atoms. The Kier molecular flexibility index (Phi) is 3.18. The summed E-state index contributed by atoms with van der Waals surface area (Å²) < 4.78 is 5.82. The van der Waals surface area contributed by atoms with Crippen molar-refractivity contribution in [2.24, 2.45) is 0 Å². The SMILES string of the molecule is CC1(C)Cc2cc(C(=O)c3ccc(Cl)cc3N)ccc2O1. The number of carbonyl (C=O) groups is 1. The summed E-state index contributed by atoms with van der Waals surface area (Å²) in [6.45, 7) is 4.07. The molecule has 4 heteroatoms. The van der Waals surface area contributed by atoms with Gasteiger partial charge in [0.1, 0.15) is 11.4 Å². The van der Waals surface area contributed by atoms with E-state index in [-0.39, 0.29) is 11.4 Å². The molecule has 0 bridgehead atoms. The van der Waals surface area contributed by atoms with E-state index in [2.05, 4.69) is 0 Å². The van der Waals surface area contributed by atoms with Gasteiger partial charge >= 0.3 is 0 Å². The predicted octanol–water partition coefficient (Wildman–Crippen LogP) is 3.87. The second-order valence-corrected chi connectivity index (χ2v) is 6.36. The van der Waals surface area contributed by atoms with Crippen LogP contribution in [-0.4, -0.2) is 11.4 Å². The van der Waals surface area contributed by atoms with Gasteiger partial charge in [0.05, 0.1) is 0 Å². The van der Waals surface area contributed by atoms with Gasteiger partial charge in [-0.05, 0) is 55.8 Å². The molecule has 0 atom stereocenters. The van der Waals surface area contributed by atoms with Gasteiger partial charge in [-0.25, -0.2) is 0 Å².